The number of methoxy groups -OCH3 is 1. The van der Waals surface area contributed by atoms with E-state index in [1.54, 1.807) is 0 Å². The van der Waals surface area contributed by atoms with Crippen molar-refractivity contribution in [2.24, 2.45) is 5.73 Å². The van der Waals surface area contributed by atoms with Crippen molar-refractivity contribution in [2.75, 3.05) is 7.11 Å². The monoisotopic (exact) mass is 186 g/mol. The van der Waals surface area contributed by atoms with Gasteiger partial charge in [-0.05, 0) is 6.92 Å². The van der Waals surface area contributed by atoms with Crippen LogP contribution in [0.25, 0.3) is 0 Å². The number of aryl methyl sites for hydroxylation is 1. The van der Waals surface area contributed by atoms with E-state index in [-0.39, 0.29) is 12.5 Å². The Labute approximate surface area is 74.4 Å². The van der Waals surface area contributed by atoms with Crippen LogP contribution in [0.2, 0.25) is 0 Å². The first-order valence-corrected chi connectivity index (χ1v) is 4.25. The Morgan fingerprint density at radius 3 is 2.92 bits per heavy atom. The van der Waals surface area contributed by atoms with Crippen molar-refractivity contribution in [2.45, 2.75) is 13.5 Å². The molecule has 0 atom stereocenters. The largest absolute Gasteiger partial charge is 0.465 e. The van der Waals surface area contributed by atoms with Crippen molar-refractivity contribution >= 4 is 17.3 Å². The standard InChI is InChI=1S/C7H10N2O2S/c1-4-9-5(3-8)6(12-4)7(10)11-2/h3,8H2,1-2H3. The fourth-order valence-electron chi connectivity index (χ4n) is 0.861. The normalized spacial score (nSPS) is 9.92. The summed E-state index contributed by atoms with van der Waals surface area (Å²) in [6.07, 6.45) is 0. The van der Waals surface area contributed by atoms with Crippen LogP contribution in [0.4, 0.5) is 0 Å². The Morgan fingerprint density at radius 1 is 1.75 bits per heavy atom. The highest BCUT2D eigenvalue weighted by Crippen LogP contribution is 2.18. The summed E-state index contributed by atoms with van der Waals surface area (Å²) in [5.41, 5.74) is 6.01. The average Bonchev–Trinajstić information content (AvgIpc) is 2.45. The van der Waals surface area contributed by atoms with Crippen molar-refractivity contribution in [3.8, 4) is 0 Å². The molecule has 0 saturated heterocycles. The van der Waals surface area contributed by atoms with Crippen LogP contribution in [0.3, 0.4) is 0 Å². The lowest BCUT2D eigenvalue weighted by Crippen LogP contribution is -2.06. The summed E-state index contributed by atoms with van der Waals surface area (Å²) in [7, 11) is 1.34. The number of carbonyl (C=O) groups excluding carboxylic acids is 1. The first-order valence-electron chi connectivity index (χ1n) is 3.43. The van der Waals surface area contributed by atoms with Gasteiger partial charge in [0.2, 0.25) is 0 Å². The number of carbonyl (C=O) groups is 1. The SMILES string of the molecule is COC(=O)c1sc(C)nc1CN. The molecule has 5 heteroatoms. The summed E-state index contributed by atoms with van der Waals surface area (Å²) >= 11 is 1.31. The summed E-state index contributed by atoms with van der Waals surface area (Å²) in [5.74, 6) is -0.360. The second kappa shape index (κ2) is 3.64. The lowest BCUT2D eigenvalue weighted by Gasteiger charge is -1.95. The lowest BCUT2D eigenvalue weighted by molar-refractivity contribution is 0.0605. The van der Waals surface area contributed by atoms with Crippen LogP contribution >= 0.6 is 11.3 Å². The fourth-order valence-corrected chi connectivity index (χ4v) is 1.73. The smallest absolute Gasteiger partial charge is 0.350 e. The van der Waals surface area contributed by atoms with E-state index in [4.69, 9.17) is 5.73 Å². The van der Waals surface area contributed by atoms with E-state index in [9.17, 15) is 4.79 Å². The Morgan fingerprint density at radius 2 is 2.42 bits per heavy atom. The molecule has 0 bridgehead atoms. The third-order valence-corrected chi connectivity index (χ3v) is 2.36. The molecule has 0 radical (unpaired) electrons. The summed E-state index contributed by atoms with van der Waals surface area (Å²) in [5, 5.41) is 0.829. The highest BCUT2D eigenvalue weighted by Gasteiger charge is 2.15. The number of nitrogens with zero attached hydrogens (tertiary/aromatic N) is 1. The average molecular weight is 186 g/mol. The number of thiazole rings is 1. The number of hydrogen-bond acceptors (Lipinski definition) is 5. The van der Waals surface area contributed by atoms with Gasteiger partial charge in [-0.15, -0.1) is 11.3 Å². The van der Waals surface area contributed by atoms with Gasteiger partial charge in [-0.1, -0.05) is 0 Å². The molecule has 0 unspecified atom stereocenters. The van der Waals surface area contributed by atoms with Gasteiger partial charge in [-0.2, -0.15) is 0 Å². The van der Waals surface area contributed by atoms with Crippen LogP contribution in [0, 0.1) is 6.92 Å². The molecule has 1 aromatic rings. The Kier molecular flexibility index (Phi) is 2.78. The minimum Gasteiger partial charge on any atom is -0.465 e. The third kappa shape index (κ3) is 1.62. The van der Waals surface area contributed by atoms with Crippen molar-refractivity contribution in [1.82, 2.24) is 4.98 Å². The van der Waals surface area contributed by atoms with Crippen LogP contribution in [-0.4, -0.2) is 18.1 Å². The first kappa shape index (κ1) is 9.15. The number of rotatable bonds is 2. The molecule has 4 nitrogen and oxygen atoms in total. The molecule has 1 rings (SSSR count). The third-order valence-electron chi connectivity index (χ3n) is 1.37. The van der Waals surface area contributed by atoms with E-state index in [1.807, 2.05) is 6.92 Å². The van der Waals surface area contributed by atoms with Gasteiger partial charge < -0.3 is 10.5 Å². The minimum atomic E-state index is -0.360. The molecule has 1 aromatic heterocycles. The zero-order chi connectivity index (χ0) is 9.14. The van der Waals surface area contributed by atoms with Gasteiger partial charge in [0.25, 0.3) is 0 Å². The molecule has 2 N–H and O–H groups in total. The number of aromatic nitrogens is 1. The number of hydrogen-bond donors (Lipinski definition) is 1. The summed E-state index contributed by atoms with van der Waals surface area (Å²) < 4.78 is 4.57. The Hall–Kier alpha value is -0.940. The van der Waals surface area contributed by atoms with E-state index < -0.39 is 0 Å². The molecule has 0 aliphatic rings. The molecule has 66 valence electrons. The maximum atomic E-state index is 11.1. The van der Waals surface area contributed by atoms with Crippen molar-refractivity contribution < 1.29 is 9.53 Å². The number of esters is 1. The molecular weight excluding hydrogens is 176 g/mol. The van der Waals surface area contributed by atoms with E-state index in [2.05, 4.69) is 9.72 Å². The molecule has 0 aliphatic heterocycles. The van der Waals surface area contributed by atoms with Gasteiger partial charge in [0.15, 0.2) is 0 Å². The van der Waals surface area contributed by atoms with Gasteiger partial charge in [-0.3, -0.25) is 0 Å². The van der Waals surface area contributed by atoms with Gasteiger partial charge in [0.1, 0.15) is 4.88 Å². The topological polar surface area (TPSA) is 65.2 Å². The molecule has 12 heavy (non-hydrogen) atoms. The van der Waals surface area contributed by atoms with Crippen LogP contribution in [0.5, 0.6) is 0 Å². The first-order chi connectivity index (χ1) is 5.69. The highest BCUT2D eigenvalue weighted by atomic mass is 32.1. The van der Waals surface area contributed by atoms with E-state index >= 15 is 0 Å². The van der Waals surface area contributed by atoms with Gasteiger partial charge in [-0.25, -0.2) is 9.78 Å². The van der Waals surface area contributed by atoms with Crippen molar-refractivity contribution in [1.29, 1.82) is 0 Å². The molecule has 0 aromatic carbocycles. The van der Waals surface area contributed by atoms with Crippen LogP contribution in [0.1, 0.15) is 20.4 Å². The van der Waals surface area contributed by atoms with Crippen molar-refractivity contribution in [3.63, 3.8) is 0 Å². The highest BCUT2D eigenvalue weighted by molar-refractivity contribution is 7.13. The van der Waals surface area contributed by atoms with Crippen molar-refractivity contribution in [3.05, 3.63) is 15.6 Å². The summed E-state index contributed by atoms with van der Waals surface area (Å²) in [6.45, 7) is 2.10. The van der Waals surface area contributed by atoms with Gasteiger partial charge in [0, 0.05) is 6.54 Å². The molecule has 0 amide bonds. The second-order valence-corrected chi connectivity index (χ2v) is 3.41. The zero-order valence-electron chi connectivity index (χ0n) is 6.96. The Bertz CT molecular complexity index is 296. The van der Waals surface area contributed by atoms with Gasteiger partial charge in [0.05, 0.1) is 17.8 Å². The lowest BCUT2D eigenvalue weighted by atomic mass is 10.3. The Balaban J connectivity index is 3.04. The van der Waals surface area contributed by atoms with E-state index in [0.29, 0.717) is 10.6 Å². The maximum absolute atomic E-state index is 11.1. The maximum Gasteiger partial charge on any atom is 0.350 e. The summed E-state index contributed by atoms with van der Waals surface area (Å²) in [6, 6.07) is 0. The molecule has 1 heterocycles. The van der Waals surface area contributed by atoms with Gasteiger partial charge >= 0.3 is 5.97 Å². The fraction of sp³-hybridized carbons (Fsp3) is 0.429. The van der Waals surface area contributed by atoms with E-state index in [0.717, 1.165) is 5.01 Å². The quantitative estimate of drug-likeness (QED) is 0.690. The predicted molar refractivity (Wildman–Crippen MR) is 46.1 cm³/mol. The van der Waals surface area contributed by atoms with E-state index in [1.165, 1.54) is 18.4 Å². The second-order valence-electron chi connectivity index (χ2n) is 2.20. The minimum absolute atomic E-state index is 0.273. The molecule has 0 saturated carbocycles. The number of nitrogens with two attached hydrogens (primary N) is 1. The van der Waals surface area contributed by atoms with Crippen LogP contribution in [-0.2, 0) is 11.3 Å². The number of ether oxygens (including phenoxy) is 1. The molecule has 0 aliphatic carbocycles. The van der Waals surface area contributed by atoms with Crippen LogP contribution < -0.4 is 5.73 Å². The molecule has 0 spiro atoms. The molecular formula is C7H10N2O2S. The zero-order valence-corrected chi connectivity index (χ0v) is 7.77. The predicted octanol–water partition coefficient (Wildman–Crippen LogP) is 0.697. The van der Waals surface area contributed by atoms with Crippen LogP contribution in [0.15, 0.2) is 0 Å². The summed E-state index contributed by atoms with van der Waals surface area (Å²) in [4.78, 5) is 15.7. The molecule has 0 fully saturated rings.